The molecular formula is C21H33N3O4S. The normalized spacial score (nSPS) is 17.6. The van der Waals surface area contributed by atoms with Crippen molar-refractivity contribution in [3.8, 4) is 0 Å². The third kappa shape index (κ3) is 7.44. The van der Waals surface area contributed by atoms with Gasteiger partial charge >= 0.3 is 0 Å². The summed E-state index contributed by atoms with van der Waals surface area (Å²) in [4.78, 5) is 26.5. The summed E-state index contributed by atoms with van der Waals surface area (Å²) in [6.07, 6.45) is 1.62. The van der Waals surface area contributed by atoms with Gasteiger partial charge in [-0.05, 0) is 37.8 Å². The van der Waals surface area contributed by atoms with Gasteiger partial charge in [-0.15, -0.1) is 0 Å². The first-order valence-electron chi connectivity index (χ1n) is 10.2. The molecular weight excluding hydrogens is 390 g/mol. The van der Waals surface area contributed by atoms with Crippen LogP contribution >= 0.6 is 0 Å². The molecule has 8 heteroatoms. The van der Waals surface area contributed by atoms with Gasteiger partial charge in [0.05, 0.1) is 11.7 Å². The lowest BCUT2D eigenvalue weighted by Gasteiger charge is -2.33. The van der Waals surface area contributed by atoms with Crippen molar-refractivity contribution in [2.45, 2.75) is 58.9 Å². The predicted octanol–water partition coefficient (Wildman–Crippen LogP) is 2.03. The Labute approximate surface area is 174 Å². The molecule has 2 N–H and O–H groups in total. The SMILES string of the molecule is CC(C)NS(=O)(=O)Cc1ccc(CNC(=O)C2CCCN(C(=O)C(C)C)C2)cc1. The van der Waals surface area contributed by atoms with E-state index < -0.39 is 10.0 Å². The first kappa shape index (κ1) is 23.3. The lowest BCUT2D eigenvalue weighted by molar-refractivity contribution is -0.138. The van der Waals surface area contributed by atoms with Crippen LogP contribution in [0.5, 0.6) is 0 Å². The van der Waals surface area contributed by atoms with Gasteiger partial charge in [-0.1, -0.05) is 38.1 Å². The van der Waals surface area contributed by atoms with Crippen LogP contribution < -0.4 is 10.0 Å². The Hall–Kier alpha value is -1.93. The maximum atomic E-state index is 12.5. The van der Waals surface area contributed by atoms with Gasteiger partial charge in [-0.2, -0.15) is 0 Å². The van der Waals surface area contributed by atoms with E-state index in [4.69, 9.17) is 0 Å². The molecule has 0 aliphatic carbocycles. The van der Waals surface area contributed by atoms with E-state index in [9.17, 15) is 18.0 Å². The Balaban J connectivity index is 1.86. The largest absolute Gasteiger partial charge is 0.352 e. The molecule has 0 aromatic heterocycles. The van der Waals surface area contributed by atoms with Gasteiger partial charge in [0, 0.05) is 31.6 Å². The number of carbonyl (C=O) groups is 2. The molecule has 1 aromatic carbocycles. The zero-order valence-corrected chi connectivity index (χ0v) is 18.6. The van der Waals surface area contributed by atoms with Crippen LogP contribution in [0.25, 0.3) is 0 Å². The fourth-order valence-corrected chi connectivity index (χ4v) is 4.90. The van der Waals surface area contributed by atoms with Gasteiger partial charge in [-0.3, -0.25) is 9.59 Å². The molecule has 2 rings (SSSR count). The Bertz CT molecular complexity index is 804. The van der Waals surface area contributed by atoms with Crippen molar-refractivity contribution in [1.29, 1.82) is 0 Å². The van der Waals surface area contributed by atoms with Gasteiger partial charge in [-0.25, -0.2) is 13.1 Å². The van der Waals surface area contributed by atoms with Crippen LogP contribution in [0.3, 0.4) is 0 Å². The number of piperidine rings is 1. The number of amides is 2. The second kappa shape index (κ2) is 10.2. The molecule has 7 nitrogen and oxygen atoms in total. The quantitative estimate of drug-likeness (QED) is 0.669. The van der Waals surface area contributed by atoms with E-state index in [1.807, 2.05) is 26.0 Å². The smallest absolute Gasteiger partial charge is 0.225 e. The fourth-order valence-electron chi connectivity index (χ4n) is 3.46. The molecule has 1 fully saturated rings. The Morgan fingerprint density at radius 1 is 1.10 bits per heavy atom. The highest BCUT2D eigenvalue weighted by atomic mass is 32.2. The molecule has 1 saturated heterocycles. The van der Waals surface area contributed by atoms with Crippen molar-refractivity contribution in [1.82, 2.24) is 14.9 Å². The summed E-state index contributed by atoms with van der Waals surface area (Å²) >= 11 is 0. The number of benzene rings is 1. The van der Waals surface area contributed by atoms with Gasteiger partial charge in [0.2, 0.25) is 21.8 Å². The summed E-state index contributed by atoms with van der Waals surface area (Å²) in [7, 11) is -3.36. The lowest BCUT2D eigenvalue weighted by Crippen LogP contribution is -2.46. The van der Waals surface area contributed by atoms with Crippen LogP contribution in [-0.2, 0) is 31.9 Å². The first-order chi connectivity index (χ1) is 13.6. The molecule has 29 heavy (non-hydrogen) atoms. The first-order valence-corrected chi connectivity index (χ1v) is 11.9. The minimum atomic E-state index is -3.36. The molecule has 1 aliphatic heterocycles. The summed E-state index contributed by atoms with van der Waals surface area (Å²) in [6, 6.07) is 7.06. The van der Waals surface area contributed by atoms with Crippen molar-refractivity contribution in [2.24, 2.45) is 11.8 Å². The average molecular weight is 424 g/mol. The third-order valence-electron chi connectivity index (χ3n) is 4.86. The molecule has 0 spiro atoms. The maximum Gasteiger partial charge on any atom is 0.225 e. The van der Waals surface area contributed by atoms with Crippen molar-refractivity contribution < 1.29 is 18.0 Å². The van der Waals surface area contributed by atoms with Crippen molar-refractivity contribution in [3.05, 3.63) is 35.4 Å². The molecule has 1 aromatic rings. The van der Waals surface area contributed by atoms with Gasteiger partial charge < -0.3 is 10.2 Å². The lowest BCUT2D eigenvalue weighted by atomic mass is 9.96. The second-order valence-electron chi connectivity index (χ2n) is 8.34. The van der Waals surface area contributed by atoms with Gasteiger partial charge in [0.1, 0.15) is 0 Å². The minimum absolute atomic E-state index is 0.0426. The monoisotopic (exact) mass is 423 g/mol. The van der Waals surface area contributed by atoms with Crippen LogP contribution in [0.4, 0.5) is 0 Å². The molecule has 1 heterocycles. The van der Waals surface area contributed by atoms with E-state index in [2.05, 4.69) is 10.0 Å². The Morgan fingerprint density at radius 2 is 1.72 bits per heavy atom. The third-order valence-corrected chi connectivity index (χ3v) is 6.40. The highest BCUT2D eigenvalue weighted by Crippen LogP contribution is 2.19. The van der Waals surface area contributed by atoms with Crippen molar-refractivity contribution in [3.63, 3.8) is 0 Å². The molecule has 1 aliphatic rings. The molecule has 0 radical (unpaired) electrons. The fraction of sp³-hybridized carbons (Fsp3) is 0.619. The summed E-state index contributed by atoms with van der Waals surface area (Å²) in [5, 5.41) is 2.94. The van der Waals surface area contributed by atoms with E-state index in [-0.39, 0.29) is 35.4 Å². The molecule has 1 unspecified atom stereocenters. The topological polar surface area (TPSA) is 95.6 Å². The van der Waals surface area contributed by atoms with Crippen LogP contribution in [0.2, 0.25) is 0 Å². The van der Waals surface area contributed by atoms with Crippen LogP contribution in [0, 0.1) is 11.8 Å². The average Bonchev–Trinajstić information content (AvgIpc) is 2.65. The zero-order valence-electron chi connectivity index (χ0n) is 17.8. The Kier molecular flexibility index (Phi) is 8.22. The number of hydrogen-bond acceptors (Lipinski definition) is 4. The van der Waals surface area contributed by atoms with Crippen LogP contribution in [0.15, 0.2) is 24.3 Å². The Morgan fingerprint density at radius 3 is 2.31 bits per heavy atom. The van der Waals surface area contributed by atoms with Crippen LogP contribution in [0.1, 0.15) is 51.7 Å². The van der Waals surface area contributed by atoms with E-state index in [1.54, 1.807) is 30.9 Å². The minimum Gasteiger partial charge on any atom is -0.352 e. The maximum absolute atomic E-state index is 12.5. The second-order valence-corrected chi connectivity index (χ2v) is 10.1. The molecule has 1 atom stereocenters. The number of carbonyl (C=O) groups excluding carboxylic acids is 2. The number of sulfonamides is 1. The zero-order chi connectivity index (χ0) is 21.6. The van der Waals surface area contributed by atoms with E-state index in [1.165, 1.54) is 0 Å². The number of hydrogen-bond donors (Lipinski definition) is 2. The highest BCUT2D eigenvalue weighted by Gasteiger charge is 2.29. The summed E-state index contributed by atoms with van der Waals surface area (Å²) in [5.41, 5.74) is 1.60. The van der Waals surface area contributed by atoms with E-state index in [0.29, 0.717) is 18.7 Å². The van der Waals surface area contributed by atoms with Crippen LogP contribution in [-0.4, -0.2) is 44.3 Å². The number of likely N-dealkylation sites (tertiary alicyclic amines) is 1. The van der Waals surface area contributed by atoms with Gasteiger partial charge in [0.25, 0.3) is 0 Å². The number of rotatable bonds is 8. The summed E-state index contributed by atoms with van der Waals surface area (Å²) < 4.78 is 26.6. The van der Waals surface area contributed by atoms with Gasteiger partial charge in [0.15, 0.2) is 0 Å². The molecule has 162 valence electrons. The number of nitrogens with one attached hydrogen (secondary N) is 2. The molecule has 0 bridgehead atoms. The predicted molar refractivity (Wildman–Crippen MR) is 113 cm³/mol. The summed E-state index contributed by atoms with van der Waals surface area (Å²) in [5.74, 6) is -0.258. The highest BCUT2D eigenvalue weighted by molar-refractivity contribution is 7.88. The standard InChI is InChI=1S/C21H33N3O4S/c1-15(2)21(26)24-11-5-6-19(13-24)20(25)22-12-17-7-9-18(10-8-17)14-29(27,28)23-16(3)4/h7-10,15-16,19,23H,5-6,11-14H2,1-4H3,(H,22,25). The number of nitrogens with zero attached hydrogens (tertiary/aromatic N) is 1. The van der Waals surface area contributed by atoms with E-state index >= 15 is 0 Å². The summed E-state index contributed by atoms with van der Waals surface area (Å²) in [6.45, 7) is 8.89. The van der Waals surface area contributed by atoms with E-state index in [0.717, 1.165) is 24.9 Å². The van der Waals surface area contributed by atoms with Crippen molar-refractivity contribution in [2.75, 3.05) is 13.1 Å². The molecule has 2 amide bonds. The van der Waals surface area contributed by atoms with Crippen molar-refractivity contribution >= 4 is 21.8 Å². The molecule has 0 saturated carbocycles.